The molecular formula is C25H27N5OS. The maximum absolute atomic E-state index is 5.66. The summed E-state index contributed by atoms with van der Waals surface area (Å²) < 4.78 is 6.94. The summed E-state index contributed by atoms with van der Waals surface area (Å²) in [5.41, 5.74) is 5.57. The first-order chi connectivity index (χ1) is 15.5. The van der Waals surface area contributed by atoms with E-state index in [2.05, 4.69) is 53.4 Å². The molecule has 5 rings (SSSR count). The number of nitrogens with zero attached hydrogens (tertiary/aromatic N) is 3. The van der Waals surface area contributed by atoms with Gasteiger partial charge < -0.3 is 15.4 Å². The standard InChI is InChI=1S/C25H27N5OS/c1-5-31-13-16-11-28-25(14(2)3)30-23(16)19-7-6-17-18(29-19)8-9-20-22(17)24-21(32-20)12-26-15(4)10-27-24/h6-9,11,15,26-27H,2,5,10,12-13H2,1,3-4H3/t15-/m1/s1. The zero-order valence-corrected chi connectivity index (χ0v) is 19.5. The topological polar surface area (TPSA) is 72.0 Å². The van der Waals surface area contributed by atoms with E-state index in [1.807, 2.05) is 31.4 Å². The maximum Gasteiger partial charge on any atom is 0.154 e. The van der Waals surface area contributed by atoms with Gasteiger partial charge in [-0.2, -0.15) is 0 Å². The third-order valence-electron chi connectivity index (χ3n) is 5.74. The fourth-order valence-corrected chi connectivity index (χ4v) is 5.19. The van der Waals surface area contributed by atoms with E-state index in [-0.39, 0.29) is 0 Å². The lowest BCUT2D eigenvalue weighted by atomic mass is 10.1. The first-order valence-electron chi connectivity index (χ1n) is 11.0. The van der Waals surface area contributed by atoms with E-state index in [4.69, 9.17) is 14.7 Å². The number of hydrogen-bond donors (Lipinski definition) is 2. The summed E-state index contributed by atoms with van der Waals surface area (Å²) in [5, 5.41) is 9.66. The number of rotatable bonds is 5. The zero-order chi connectivity index (χ0) is 22.2. The molecule has 0 bridgehead atoms. The fraction of sp³-hybridized carbons (Fsp3) is 0.320. The number of benzene rings is 1. The molecule has 4 aromatic rings. The Morgan fingerprint density at radius 2 is 2.12 bits per heavy atom. The number of fused-ring (bicyclic) bond motifs is 5. The van der Waals surface area contributed by atoms with Gasteiger partial charge in [0.2, 0.25) is 0 Å². The van der Waals surface area contributed by atoms with Crippen molar-refractivity contribution in [3.05, 3.63) is 53.3 Å². The quantitative estimate of drug-likeness (QED) is 0.430. The van der Waals surface area contributed by atoms with Gasteiger partial charge in [-0.15, -0.1) is 11.3 Å². The number of anilines is 1. The fourth-order valence-electron chi connectivity index (χ4n) is 4.04. The summed E-state index contributed by atoms with van der Waals surface area (Å²) in [7, 11) is 0. The van der Waals surface area contributed by atoms with Crippen LogP contribution in [0.3, 0.4) is 0 Å². The lowest BCUT2D eigenvalue weighted by Gasteiger charge is -2.12. The van der Waals surface area contributed by atoms with E-state index in [0.717, 1.165) is 46.5 Å². The normalized spacial score (nSPS) is 16.0. The Kier molecular flexibility index (Phi) is 5.63. The van der Waals surface area contributed by atoms with Crippen LogP contribution in [0.4, 0.5) is 5.69 Å². The van der Waals surface area contributed by atoms with Gasteiger partial charge in [-0.25, -0.2) is 15.0 Å². The van der Waals surface area contributed by atoms with Crippen LogP contribution in [0.2, 0.25) is 0 Å². The van der Waals surface area contributed by atoms with Crippen molar-refractivity contribution >= 4 is 43.6 Å². The molecule has 1 atom stereocenters. The Hall–Kier alpha value is -2.87. The van der Waals surface area contributed by atoms with Crippen LogP contribution in [0, 0.1) is 0 Å². The molecule has 32 heavy (non-hydrogen) atoms. The molecule has 3 aromatic heterocycles. The molecule has 0 saturated heterocycles. The highest BCUT2D eigenvalue weighted by Crippen LogP contribution is 2.41. The number of nitrogens with one attached hydrogen (secondary N) is 2. The molecule has 0 spiro atoms. The van der Waals surface area contributed by atoms with Crippen LogP contribution in [0.5, 0.6) is 0 Å². The summed E-state index contributed by atoms with van der Waals surface area (Å²) in [4.78, 5) is 15.6. The molecule has 0 saturated carbocycles. The van der Waals surface area contributed by atoms with Crippen molar-refractivity contribution in [2.24, 2.45) is 0 Å². The highest BCUT2D eigenvalue weighted by Gasteiger charge is 2.20. The second-order valence-corrected chi connectivity index (χ2v) is 9.39. The molecule has 1 aromatic carbocycles. The molecule has 6 nitrogen and oxygen atoms in total. The summed E-state index contributed by atoms with van der Waals surface area (Å²) in [6, 6.07) is 8.95. The summed E-state index contributed by atoms with van der Waals surface area (Å²) >= 11 is 1.85. The largest absolute Gasteiger partial charge is 0.382 e. The second-order valence-electron chi connectivity index (χ2n) is 8.25. The first-order valence-corrected chi connectivity index (χ1v) is 11.8. The highest BCUT2D eigenvalue weighted by atomic mass is 32.1. The first kappa shape index (κ1) is 21.0. The molecule has 7 heteroatoms. The average Bonchev–Trinajstić information content (AvgIpc) is 3.07. The third-order valence-corrected chi connectivity index (χ3v) is 6.90. The molecule has 4 heterocycles. The van der Waals surface area contributed by atoms with Crippen LogP contribution in [-0.4, -0.2) is 34.1 Å². The average molecular weight is 446 g/mol. The number of hydrogen-bond acceptors (Lipinski definition) is 7. The van der Waals surface area contributed by atoms with Crippen LogP contribution in [0.1, 0.15) is 37.0 Å². The lowest BCUT2D eigenvalue weighted by molar-refractivity contribution is 0.134. The van der Waals surface area contributed by atoms with Gasteiger partial charge in [-0.05, 0) is 50.6 Å². The van der Waals surface area contributed by atoms with Crippen LogP contribution >= 0.6 is 11.3 Å². The Labute approximate surface area is 191 Å². The number of ether oxygens (including phenoxy) is 1. The minimum absolute atomic E-state index is 0.438. The Morgan fingerprint density at radius 1 is 1.25 bits per heavy atom. The number of aromatic nitrogens is 3. The molecule has 164 valence electrons. The summed E-state index contributed by atoms with van der Waals surface area (Å²) in [5.74, 6) is 0.631. The van der Waals surface area contributed by atoms with Crippen molar-refractivity contribution < 1.29 is 4.74 Å². The van der Waals surface area contributed by atoms with Crippen LogP contribution in [0.25, 0.3) is 38.0 Å². The van der Waals surface area contributed by atoms with E-state index in [9.17, 15) is 0 Å². The molecule has 1 aliphatic heterocycles. The zero-order valence-electron chi connectivity index (χ0n) is 18.7. The van der Waals surface area contributed by atoms with Gasteiger partial charge in [0.05, 0.1) is 29.2 Å². The van der Waals surface area contributed by atoms with Crippen LogP contribution in [-0.2, 0) is 17.9 Å². The van der Waals surface area contributed by atoms with Gasteiger partial charge in [-0.1, -0.05) is 6.58 Å². The minimum Gasteiger partial charge on any atom is -0.382 e. The summed E-state index contributed by atoms with van der Waals surface area (Å²) in [6.45, 7) is 13.0. The van der Waals surface area contributed by atoms with E-state index in [0.29, 0.717) is 25.1 Å². The Bertz CT molecular complexity index is 1330. The predicted octanol–water partition coefficient (Wildman–Crippen LogP) is 5.38. The minimum atomic E-state index is 0.438. The van der Waals surface area contributed by atoms with E-state index in [1.165, 1.54) is 20.7 Å². The molecule has 0 amide bonds. The number of pyridine rings is 1. The molecular weight excluding hydrogens is 418 g/mol. The maximum atomic E-state index is 5.66. The van der Waals surface area contributed by atoms with Gasteiger partial charge in [0.1, 0.15) is 0 Å². The monoisotopic (exact) mass is 445 g/mol. The number of allylic oxidation sites excluding steroid dienone is 1. The molecule has 2 N–H and O–H groups in total. The van der Waals surface area contributed by atoms with Crippen molar-refractivity contribution in [1.82, 2.24) is 20.3 Å². The third kappa shape index (κ3) is 3.77. The Morgan fingerprint density at radius 3 is 2.94 bits per heavy atom. The molecule has 0 unspecified atom stereocenters. The van der Waals surface area contributed by atoms with Gasteiger partial charge >= 0.3 is 0 Å². The van der Waals surface area contributed by atoms with Crippen molar-refractivity contribution in [2.75, 3.05) is 18.5 Å². The lowest BCUT2D eigenvalue weighted by Crippen LogP contribution is -2.29. The molecule has 1 aliphatic rings. The van der Waals surface area contributed by atoms with Crippen molar-refractivity contribution in [3.63, 3.8) is 0 Å². The van der Waals surface area contributed by atoms with E-state index >= 15 is 0 Å². The van der Waals surface area contributed by atoms with Crippen molar-refractivity contribution in [2.45, 2.75) is 40.0 Å². The second kappa shape index (κ2) is 8.58. The summed E-state index contributed by atoms with van der Waals surface area (Å²) in [6.07, 6.45) is 1.83. The van der Waals surface area contributed by atoms with E-state index in [1.54, 1.807) is 0 Å². The number of thiophene rings is 1. The molecule has 0 aliphatic carbocycles. The smallest absolute Gasteiger partial charge is 0.154 e. The Balaban J connectivity index is 1.65. The van der Waals surface area contributed by atoms with Gasteiger partial charge in [-0.3, -0.25) is 0 Å². The highest BCUT2D eigenvalue weighted by molar-refractivity contribution is 7.20. The van der Waals surface area contributed by atoms with Crippen LogP contribution < -0.4 is 10.6 Å². The van der Waals surface area contributed by atoms with E-state index < -0.39 is 0 Å². The van der Waals surface area contributed by atoms with Crippen molar-refractivity contribution in [1.29, 1.82) is 0 Å². The van der Waals surface area contributed by atoms with Gasteiger partial charge in [0.15, 0.2) is 5.82 Å². The molecule has 0 radical (unpaired) electrons. The van der Waals surface area contributed by atoms with Gasteiger partial charge in [0, 0.05) is 57.8 Å². The molecule has 0 fully saturated rings. The SMILES string of the molecule is C=C(C)c1ncc(COCC)c(-c2ccc3c(ccc4sc5c(c43)NC[C@@H](C)NC5)n2)n1. The predicted molar refractivity (Wildman–Crippen MR) is 133 cm³/mol. The van der Waals surface area contributed by atoms with Crippen molar-refractivity contribution in [3.8, 4) is 11.4 Å². The van der Waals surface area contributed by atoms with Crippen LogP contribution in [0.15, 0.2) is 37.0 Å². The van der Waals surface area contributed by atoms with Gasteiger partial charge in [0.25, 0.3) is 0 Å².